The molecule has 0 heterocycles. The molecule has 1 heteroatoms. The molecule has 2 rings (SSSR count). The van der Waals surface area contributed by atoms with Crippen molar-refractivity contribution < 1.29 is 0 Å². The molecule has 1 nitrogen and oxygen atoms in total. The van der Waals surface area contributed by atoms with E-state index in [2.05, 4.69) is 19.9 Å². The van der Waals surface area contributed by atoms with Crippen molar-refractivity contribution in [2.75, 3.05) is 0 Å². The summed E-state index contributed by atoms with van der Waals surface area (Å²) >= 11 is 0. The molecule has 0 bridgehead atoms. The van der Waals surface area contributed by atoms with E-state index in [1.165, 1.54) is 103 Å². The second-order valence-corrected chi connectivity index (χ2v) is 9.34. The van der Waals surface area contributed by atoms with Gasteiger partial charge in [0.1, 0.15) is 0 Å². The van der Waals surface area contributed by atoms with Gasteiger partial charge in [0, 0.05) is 0 Å². The van der Waals surface area contributed by atoms with E-state index in [-0.39, 0.29) is 5.41 Å². The van der Waals surface area contributed by atoms with Gasteiger partial charge >= 0.3 is 0 Å². The normalized spacial score (nSPS) is 33.1. The second-order valence-electron chi connectivity index (χ2n) is 9.34. The van der Waals surface area contributed by atoms with Gasteiger partial charge in [0.2, 0.25) is 0 Å². The van der Waals surface area contributed by atoms with Crippen molar-refractivity contribution in [2.45, 2.75) is 123 Å². The lowest BCUT2D eigenvalue weighted by Gasteiger charge is -2.42. The van der Waals surface area contributed by atoms with Crippen molar-refractivity contribution >= 4 is 0 Å². The third-order valence-corrected chi connectivity index (χ3v) is 7.40. The average Bonchev–Trinajstić information content (AvgIpc) is 2.67. The number of rotatable bonds is 10. The van der Waals surface area contributed by atoms with E-state index >= 15 is 0 Å². The van der Waals surface area contributed by atoms with Gasteiger partial charge in [-0.25, -0.2) is 0 Å². The van der Waals surface area contributed by atoms with Gasteiger partial charge in [-0.2, -0.15) is 5.26 Å². The average molecular weight is 346 g/mol. The van der Waals surface area contributed by atoms with E-state index in [0.29, 0.717) is 0 Å². The van der Waals surface area contributed by atoms with Gasteiger partial charge in [-0.05, 0) is 49.9 Å². The number of unbranched alkanes of at least 4 members (excludes halogenated alkanes) is 5. The fourth-order valence-electron chi connectivity index (χ4n) is 5.70. The van der Waals surface area contributed by atoms with Gasteiger partial charge in [0.15, 0.2) is 0 Å². The lowest BCUT2D eigenvalue weighted by molar-refractivity contribution is 0.102. The molecule has 0 spiro atoms. The first kappa shape index (κ1) is 20.8. The summed E-state index contributed by atoms with van der Waals surface area (Å²) in [7, 11) is 0. The highest BCUT2D eigenvalue weighted by Gasteiger charge is 2.39. The zero-order chi connectivity index (χ0) is 18.0. The fraction of sp³-hybridized carbons (Fsp3) is 0.958. The minimum atomic E-state index is 0.0368. The van der Waals surface area contributed by atoms with Crippen molar-refractivity contribution in [3.8, 4) is 6.07 Å². The molecule has 2 fully saturated rings. The molecule has 2 atom stereocenters. The molecule has 0 radical (unpaired) electrons. The summed E-state index contributed by atoms with van der Waals surface area (Å²) < 4.78 is 0. The maximum absolute atomic E-state index is 9.84. The molecular weight excluding hydrogens is 302 g/mol. The monoisotopic (exact) mass is 345 g/mol. The summed E-state index contributed by atoms with van der Waals surface area (Å²) in [6.45, 7) is 4.56. The molecule has 0 saturated heterocycles. The van der Waals surface area contributed by atoms with Gasteiger partial charge in [-0.1, -0.05) is 90.9 Å². The number of hydrogen-bond donors (Lipinski definition) is 0. The number of nitrogens with zero attached hydrogens (tertiary/aromatic N) is 1. The standard InChI is InChI=1S/C24H43N/c1-3-5-7-8-9-11-21-13-15-22(16-14-21)23-12-10-18-24(19-23,20-25)17-6-4-2/h21-23H,3-19H2,1-2H3/t21-,22-,23?,24?. The first-order valence-corrected chi connectivity index (χ1v) is 11.6. The van der Waals surface area contributed by atoms with Crippen LogP contribution in [0.2, 0.25) is 0 Å². The van der Waals surface area contributed by atoms with Crippen LogP contribution in [0, 0.1) is 34.5 Å². The molecular formula is C24H43N. The first-order valence-electron chi connectivity index (χ1n) is 11.6. The van der Waals surface area contributed by atoms with E-state index in [9.17, 15) is 5.26 Å². The minimum Gasteiger partial charge on any atom is -0.198 e. The Morgan fingerprint density at radius 1 is 0.840 bits per heavy atom. The third-order valence-electron chi connectivity index (χ3n) is 7.40. The zero-order valence-electron chi connectivity index (χ0n) is 17.2. The molecule has 0 aromatic heterocycles. The van der Waals surface area contributed by atoms with Crippen molar-refractivity contribution in [1.82, 2.24) is 0 Å². The summed E-state index contributed by atoms with van der Waals surface area (Å²) in [6, 6.07) is 2.77. The van der Waals surface area contributed by atoms with E-state index < -0.39 is 0 Å². The van der Waals surface area contributed by atoms with Crippen molar-refractivity contribution in [1.29, 1.82) is 5.26 Å². The molecule has 0 aromatic rings. The summed E-state index contributed by atoms with van der Waals surface area (Å²) in [5.41, 5.74) is 0.0368. The maximum Gasteiger partial charge on any atom is 0.0689 e. The van der Waals surface area contributed by atoms with Crippen LogP contribution in [0.1, 0.15) is 123 Å². The predicted octanol–water partition coefficient (Wildman–Crippen LogP) is 8.04. The number of nitriles is 1. The lowest BCUT2D eigenvalue weighted by Crippen LogP contribution is -2.32. The molecule has 144 valence electrons. The van der Waals surface area contributed by atoms with Crippen LogP contribution >= 0.6 is 0 Å². The Morgan fingerprint density at radius 2 is 1.56 bits per heavy atom. The van der Waals surface area contributed by atoms with Crippen molar-refractivity contribution in [3.63, 3.8) is 0 Å². The second kappa shape index (κ2) is 11.3. The lowest BCUT2D eigenvalue weighted by atomic mass is 9.62. The van der Waals surface area contributed by atoms with Crippen LogP contribution in [0.15, 0.2) is 0 Å². The van der Waals surface area contributed by atoms with Crippen LogP contribution in [0.5, 0.6) is 0 Å². The highest BCUT2D eigenvalue weighted by Crippen LogP contribution is 2.48. The first-order chi connectivity index (χ1) is 12.2. The molecule has 0 aromatic carbocycles. The van der Waals surface area contributed by atoms with E-state index in [1.807, 2.05) is 0 Å². The van der Waals surface area contributed by atoms with Crippen molar-refractivity contribution in [2.24, 2.45) is 23.2 Å². The Hall–Kier alpha value is -0.510. The quantitative estimate of drug-likeness (QED) is 0.367. The maximum atomic E-state index is 9.84. The van der Waals surface area contributed by atoms with E-state index in [0.717, 1.165) is 24.2 Å². The molecule has 0 aliphatic heterocycles. The highest BCUT2D eigenvalue weighted by atomic mass is 14.5. The van der Waals surface area contributed by atoms with Gasteiger partial charge in [0.05, 0.1) is 11.5 Å². The Labute approximate surface area is 158 Å². The summed E-state index contributed by atoms with van der Waals surface area (Å²) in [5, 5.41) is 9.84. The Balaban J connectivity index is 1.71. The van der Waals surface area contributed by atoms with Crippen LogP contribution in [0.3, 0.4) is 0 Å². The third kappa shape index (κ3) is 6.62. The summed E-state index contributed by atoms with van der Waals surface area (Å²) in [5.74, 6) is 2.81. The Morgan fingerprint density at radius 3 is 2.24 bits per heavy atom. The highest BCUT2D eigenvalue weighted by molar-refractivity contribution is 5.03. The smallest absolute Gasteiger partial charge is 0.0689 e. The van der Waals surface area contributed by atoms with Gasteiger partial charge in [-0.15, -0.1) is 0 Å². The predicted molar refractivity (Wildman–Crippen MR) is 108 cm³/mol. The molecule has 0 N–H and O–H groups in total. The number of hydrogen-bond acceptors (Lipinski definition) is 1. The van der Waals surface area contributed by atoms with Crippen LogP contribution in [-0.4, -0.2) is 0 Å². The molecule has 2 aliphatic rings. The minimum absolute atomic E-state index is 0.0368. The fourth-order valence-corrected chi connectivity index (χ4v) is 5.70. The van der Waals surface area contributed by atoms with Crippen molar-refractivity contribution in [3.05, 3.63) is 0 Å². The van der Waals surface area contributed by atoms with Crippen LogP contribution < -0.4 is 0 Å². The Bertz CT molecular complexity index is 387. The van der Waals surface area contributed by atoms with E-state index in [1.54, 1.807) is 0 Å². The van der Waals surface area contributed by atoms with Crippen LogP contribution in [-0.2, 0) is 0 Å². The molecule has 2 unspecified atom stereocenters. The van der Waals surface area contributed by atoms with Gasteiger partial charge in [0.25, 0.3) is 0 Å². The topological polar surface area (TPSA) is 23.8 Å². The molecule has 0 amide bonds. The summed E-state index contributed by atoms with van der Waals surface area (Å²) in [6.07, 6.45) is 23.2. The van der Waals surface area contributed by atoms with Crippen LogP contribution in [0.4, 0.5) is 0 Å². The van der Waals surface area contributed by atoms with Gasteiger partial charge < -0.3 is 0 Å². The van der Waals surface area contributed by atoms with Crippen LogP contribution in [0.25, 0.3) is 0 Å². The summed E-state index contributed by atoms with van der Waals surface area (Å²) in [4.78, 5) is 0. The van der Waals surface area contributed by atoms with Gasteiger partial charge in [-0.3, -0.25) is 0 Å². The SMILES string of the molecule is CCCCCCC[C@H]1CC[C@H](C2CCCC(C#N)(CCCC)C2)CC1. The Kier molecular flexibility index (Phi) is 9.36. The van der Waals surface area contributed by atoms with E-state index in [4.69, 9.17) is 0 Å². The largest absolute Gasteiger partial charge is 0.198 e. The zero-order valence-corrected chi connectivity index (χ0v) is 17.2. The molecule has 2 aliphatic carbocycles. The molecule has 25 heavy (non-hydrogen) atoms. The molecule has 2 saturated carbocycles.